The molecule has 0 amide bonds. The lowest BCUT2D eigenvalue weighted by Gasteiger charge is -2.28. The average molecular weight is 512 g/mol. The molecule has 0 bridgehead atoms. The standard InChI is InChI=1S/C21H28N4OS.HI/c1-22-21(23-11-14-26-20-5-3-2-4-6-20)24-17-18-7-9-19(10-8-18)25-12-15-27-16-13-25;/h2-10H,11-17H2,1H3,(H2,22,23,24);1H. The molecule has 0 saturated carbocycles. The van der Waals surface area contributed by atoms with Gasteiger partial charge in [-0.1, -0.05) is 30.3 Å². The number of para-hydroxylation sites is 1. The van der Waals surface area contributed by atoms with Crippen LogP contribution in [0, 0.1) is 0 Å². The number of hydrogen-bond donors (Lipinski definition) is 2. The number of hydrogen-bond acceptors (Lipinski definition) is 4. The van der Waals surface area contributed by atoms with E-state index in [4.69, 9.17) is 4.74 Å². The van der Waals surface area contributed by atoms with Crippen LogP contribution in [-0.4, -0.2) is 50.8 Å². The molecule has 2 aromatic carbocycles. The van der Waals surface area contributed by atoms with Gasteiger partial charge in [0.1, 0.15) is 12.4 Å². The quantitative estimate of drug-likeness (QED) is 0.257. The first-order valence-electron chi connectivity index (χ1n) is 9.39. The van der Waals surface area contributed by atoms with Gasteiger partial charge in [-0.15, -0.1) is 24.0 Å². The maximum atomic E-state index is 5.68. The van der Waals surface area contributed by atoms with Crippen molar-refractivity contribution in [2.75, 3.05) is 49.7 Å². The molecule has 2 N–H and O–H groups in total. The lowest BCUT2D eigenvalue weighted by atomic mass is 10.2. The van der Waals surface area contributed by atoms with Crippen LogP contribution in [0.2, 0.25) is 0 Å². The van der Waals surface area contributed by atoms with Gasteiger partial charge < -0.3 is 20.3 Å². The van der Waals surface area contributed by atoms with Gasteiger partial charge in [0.05, 0.1) is 6.54 Å². The third kappa shape index (κ3) is 7.43. The van der Waals surface area contributed by atoms with E-state index in [1.54, 1.807) is 7.05 Å². The monoisotopic (exact) mass is 512 g/mol. The third-order valence-electron chi connectivity index (χ3n) is 4.40. The van der Waals surface area contributed by atoms with E-state index in [1.165, 1.54) is 22.8 Å². The second-order valence-electron chi connectivity index (χ2n) is 6.28. The van der Waals surface area contributed by atoms with Gasteiger partial charge >= 0.3 is 0 Å². The highest BCUT2D eigenvalue weighted by Crippen LogP contribution is 2.19. The van der Waals surface area contributed by atoms with Crippen molar-refractivity contribution in [3.63, 3.8) is 0 Å². The molecule has 1 heterocycles. The van der Waals surface area contributed by atoms with Gasteiger partial charge in [-0.25, -0.2) is 0 Å². The first kappa shape index (κ1) is 22.7. The molecule has 0 atom stereocenters. The zero-order valence-electron chi connectivity index (χ0n) is 16.3. The second kappa shape index (κ2) is 12.8. The van der Waals surface area contributed by atoms with Gasteiger partial charge in [0.25, 0.3) is 0 Å². The highest BCUT2D eigenvalue weighted by molar-refractivity contribution is 14.0. The number of ether oxygens (including phenoxy) is 1. The average Bonchev–Trinajstić information content (AvgIpc) is 2.75. The molecule has 0 spiro atoms. The summed E-state index contributed by atoms with van der Waals surface area (Å²) in [6.45, 7) is 4.32. The summed E-state index contributed by atoms with van der Waals surface area (Å²) in [5.41, 5.74) is 2.56. The summed E-state index contributed by atoms with van der Waals surface area (Å²) in [4.78, 5) is 6.73. The first-order chi connectivity index (χ1) is 13.3. The van der Waals surface area contributed by atoms with Crippen molar-refractivity contribution < 1.29 is 4.74 Å². The van der Waals surface area contributed by atoms with Gasteiger partial charge in [0, 0.05) is 43.9 Å². The van der Waals surface area contributed by atoms with Crippen molar-refractivity contribution in [2.45, 2.75) is 6.54 Å². The van der Waals surface area contributed by atoms with Gasteiger partial charge in [0.2, 0.25) is 0 Å². The summed E-state index contributed by atoms with van der Waals surface area (Å²) in [5, 5.41) is 6.63. The zero-order chi connectivity index (χ0) is 18.7. The van der Waals surface area contributed by atoms with Crippen molar-refractivity contribution in [1.82, 2.24) is 10.6 Å². The Balaban J connectivity index is 0.00000280. The molecule has 0 radical (unpaired) electrons. The molecular formula is C21H29IN4OS. The Labute approximate surface area is 189 Å². The minimum atomic E-state index is 0. The fourth-order valence-corrected chi connectivity index (χ4v) is 3.81. The van der Waals surface area contributed by atoms with Crippen LogP contribution in [-0.2, 0) is 6.54 Å². The van der Waals surface area contributed by atoms with E-state index < -0.39 is 0 Å². The first-order valence-corrected chi connectivity index (χ1v) is 10.5. The van der Waals surface area contributed by atoms with Crippen LogP contribution in [0.5, 0.6) is 5.75 Å². The van der Waals surface area contributed by atoms with E-state index in [-0.39, 0.29) is 24.0 Å². The Hall–Kier alpha value is -1.61. The lowest BCUT2D eigenvalue weighted by Crippen LogP contribution is -2.38. The maximum Gasteiger partial charge on any atom is 0.191 e. The smallest absolute Gasteiger partial charge is 0.191 e. The predicted molar refractivity (Wildman–Crippen MR) is 132 cm³/mol. The molecule has 3 rings (SSSR count). The summed E-state index contributed by atoms with van der Waals surface area (Å²) >= 11 is 2.04. The molecule has 5 nitrogen and oxygen atoms in total. The van der Waals surface area contributed by atoms with Crippen LogP contribution in [0.1, 0.15) is 5.56 Å². The van der Waals surface area contributed by atoms with Crippen molar-refractivity contribution in [3.8, 4) is 5.75 Å². The van der Waals surface area contributed by atoms with Crippen molar-refractivity contribution >= 4 is 47.4 Å². The minimum Gasteiger partial charge on any atom is -0.492 e. The molecule has 0 unspecified atom stereocenters. The van der Waals surface area contributed by atoms with E-state index >= 15 is 0 Å². The van der Waals surface area contributed by atoms with Crippen molar-refractivity contribution in [3.05, 3.63) is 60.2 Å². The Morgan fingerprint density at radius 3 is 2.43 bits per heavy atom. The summed E-state index contributed by atoms with van der Waals surface area (Å²) in [7, 11) is 1.78. The Morgan fingerprint density at radius 2 is 1.75 bits per heavy atom. The van der Waals surface area contributed by atoms with Gasteiger partial charge in [0.15, 0.2) is 5.96 Å². The number of nitrogens with one attached hydrogen (secondary N) is 2. The molecule has 28 heavy (non-hydrogen) atoms. The topological polar surface area (TPSA) is 48.9 Å². The molecule has 1 fully saturated rings. The Morgan fingerprint density at radius 1 is 1.04 bits per heavy atom. The molecule has 7 heteroatoms. The highest BCUT2D eigenvalue weighted by atomic mass is 127. The van der Waals surface area contributed by atoms with Crippen LogP contribution >= 0.6 is 35.7 Å². The SMILES string of the molecule is CN=C(NCCOc1ccccc1)NCc1ccc(N2CCSCC2)cc1.I. The normalized spacial score (nSPS) is 14.2. The number of rotatable bonds is 7. The summed E-state index contributed by atoms with van der Waals surface area (Å²) in [6, 6.07) is 18.7. The van der Waals surface area contributed by atoms with Crippen LogP contribution in [0.25, 0.3) is 0 Å². The molecule has 1 aliphatic rings. The van der Waals surface area contributed by atoms with Crippen molar-refractivity contribution in [2.24, 2.45) is 4.99 Å². The van der Waals surface area contributed by atoms with E-state index in [0.717, 1.165) is 31.3 Å². The zero-order valence-corrected chi connectivity index (χ0v) is 19.4. The molecule has 1 saturated heterocycles. The second-order valence-corrected chi connectivity index (χ2v) is 7.50. The highest BCUT2D eigenvalue weighted by Gasteiger charge is 2.10. The van der Waals surface area contributed by atoms with Crippen LogP contribution < -0.4 is 20.3 Å². The summed E-state index contributed by atoms with van der Waals surface area (Å²) in [5.74, 6) is 4.11. The number of halogens is 1. The van der Waals surface area contributed by atoms with Gasteiger partial charge in [-0.3, -0.25) is 4.99 Å². The fraction of sp³-hybridized carbons (Fsp3) is 0.381. The Bertz CT molecular complexity index is 706. The van der Waals surface area contributed by atoms with E-state index in [1.807, 2.05) is 42.1 Å². The molecule has 0 aromatic heterocycles. The number of nitrogens with zero attached hydrogens (tertiary/aromatic N) is 2. The number of benzene rings is 2. The summed E-state index contributed by atoms with van der Waals surface area (Å²) in [6.07, 6.45) is 0. The fourth-order valence-electron chi connectivity index (χ4n) is 2.91. The largest absolute Gasteiger partial charge is 0.492 e. The molecule has 152 valence electrons. The lowest BCUT2D eigenvalue weighted by molar-refractivity contribution is 0.322. The van der Waals surface area contributed by atoms with E-state index in [2.05, 4.69) is 44.8 Å². The van der Waals surface area contributed by atoms with E-state index in [0.29, 0.717) is 13.2 Å². The maximum absolute atomic E-state index is 5.68. The minimum absolute atomic E-state index is 0. The van der Waals surface area contributed by atoms with Crippen molar-refractivity contribution in [1.29, 1.82) is 0 Å². The van der Waals surface area contributed by atoms with Crippen LogP contribution in [0.4, 0.5) is 5.69 Å². The molecule has 0 aliphatic carbocycles. The molecule has 2 aromatic rings. The van der Waals surface area contributed by atoms with E-state index in [9.17, 15) is 0 Å². The number of aliphatic imine (C=N–C) groups is 1. The van der Waals surface area contributed by atoms with Crippen LogP contribution in [0.15, 0.2) is 59.6 Å². The van der Waals surface area contributed by atoms with Gasteiger partial charge in [-0.05, 0) is 29.8 Å². The molecule has 1 aliphatic heterocycles. The summed E-state index contributed by atoms with van der Waals surface area (Å²) < 4.78 is 5.68. The van der Waals surface area contributed by atoms with Gasteiger partial charge in [-0.2, -0.15) is 11.8 Å². The number of thioether (sulfide) groups is 1. The Kier molecular flexibility index (Phi) is 10.3. The molecular weight excluding hydrogens is 483 g/mol. The number of guanidine groups is 1. The predicted octanol–water partition coefficient (Wildman–Crippen LogP) is 3.60. The third-order valence-corrected chi connectivity index (χ3v) is 5.35. The number of anilines is 1. The van der Waals surface area contributed by atoms with Crippen LogP contribution in [0.3, 0.4) is 0 Å².